The van der Waals surface area contributed by atoms with Crippen molar-refractivity contribution in [3.8, 4) is 0 Å². The average molecular weight is 141 g/mol. The van der Waals surface area contributed by atoms with Gasteiger partial charge in [0, 0.05) is 6.54 Å². The highest BCUT2D eigenvalue weighted by atomic mass is 15.1. The molecule has 0 saturated heterocycles. The van der Waals surface area contributed by atoms with Gasteiger partial charge in [-0.25, -0.2) is 0 Å². The molecule has 0 unspecified atom stereocenters. The van der Waals surface area contributed by atoms with Crippen molar-refractivity contribution in [1.82, 2.24) is 4.90 Å². The van der Waals surface area contributed by atoms with Crippen LogP contribution in [0.1, 0.15) is 26.7 Å². The molecule has 0 aliphatic heterocycles. The van der Waals surface area contributed by atoms with Gasteiger partial charge in [0.2, 0.25) is 0 Å². The molecule has 0 atom stereocenters. The lowest BCUT2D eigenvalue weighted by molar-refractivity contribution is 0.0561. The van der Waals surface area contributed by atoms with E-state index in [4.69, 9.17) is 0 Å². The summed E-state index contributed by atoms with van der Waals surface area (Å²) in [5, 5.41) is 0. The summed E-state index contributed by atoms with van der Waals surface area (Å²) >= 11 is 0. The predicted molar refractivity (Wildman–Crippen MR) is 45.1 cm³/mol. The highest BCUT2D eigenvalue weighted by Gasteiger charge is 2.37. The third kappa shape index (κ3) is 1.72. The first-order valence-electron chi connectivity index (χ1n) is 4.17. The van der Waals surface area contributed by atoms with E-state index >= 15 is 0 Å². The van der Waals surface area contributed by atoms with Crippen LogP contribution in [0.15, 0.2) is 0 Å². The van der Waals surface area contributed by atoms with Crippen LogP contribution in [-0.2, 0) is 0 Å². The molecule has 0 aromatic heterocycles. The molecular formula is C9H19N. The number of nitrogens with zero attached hydrogens (tertiary/aromatic N) is 1. The zero-order valence-corrected chi connectivity index (χ0v) is 7.65. The second-order valence-corrected chi connectivity index (χ2v) is 4.56. The van der Waals surface area contributed by atoms with Crippen molar-refractivity contribution in [1.29, 1.82) is 0 Å². The Morgan fingerprint density at radius 1 is 1.40 bits per heavy atom. The first kappa shape index (κ1) is 8.06. The Hall–Kier alpha value is -0.0400. The van der Waals surface area contributed by atoms with Gasteiger partial charge in [-0.2, -0.15) is 0 Å². The molecule has 1 fully saturated rings. The molecule has 1 nitrogen and oxygen atoms in total. The Kier molecular flexibility index (Phi) is 2.04. The molecule has 0 radical (unpaired) electrons. The molecule has 0 aromatic carbocycles. The summed E-state index contributed by atoms with van der Waals surface area (Å²) in [6.07, 6.45) is 2.84. The second kappa shape index (κ2) is 2.54. The molecule has 1 aliphatic carbocycles. The maximum atomic E-state index is 2.40. The minimum atomic E-state index is 0.642. The highest BCUT2D eigenvalue weighted by molar-refractivity contribution is 4.89. The fourth-order valence-corrected chi connectivity index (χ4v) is 2.52. The normalized spacial score (nSPS) is 39.9. The lowest BCUT2D eigenvalue weighted by Gasteiger charge is -2.45. The van der Waals surface area contributed by atoms with E-state index in [-0.39, 0.29) is 0 Å². The van der Waals surface area contributed by atoms with Crippen LogP contribution in [-0.4, -0.2) is 25.5 Å². The highest BCUT2D eigenvalue weighted by Crippen LogP contribution is 2.44. The summed E-state index contributed by atoms with van der Waals surface area (Å²) in [6, 6.07) is 0. The van der Waals surface area contributed by atoms with Gasteiger partial charge in [0.15, 0.2) is 0 Å². The first-order chi connectivity index (χ1) is 4.52. The van der Waals surface area contributed by atoms with Crippen LogP contribution in [0.25, 0.3) is 0 Å². The van der Waals surface area contributed by atoms with E-state index in [1.807, 2.05) is 0 Å². The third-order valence-corrected chi connectivity index (χ3v) is 2.38. The van der Waals surface area contributed by atoms with Crippen molar-refractivity contribution in [2.24, 2.45) is 11.3 Å². The average Bonchev–Trinajstić information content (AvgIpc) is 1.57. The van der Waals surface area contributed by atoms with Gasteiger partial charge in [0.05, 0.1) is 0 Å². The largest absolute Gasteiger partial charge is 0.309 e. The summed E-state index contributed by atoms with van der Waals surface area (Å²) in [7, 11) is 4.32. The molecule has 0 N–H and O–H groups in total. The lowest BCUT2D eigenvalue weighted by atomic mass is 9.64. The molecule has 0 aromatic rings. The van der Waals surface area contributed by atoms with Gasteiger partial charge in [-0.05, 0) is 38.3 Å². The molecule has 1 saturated carbocycles. The maximum Gasteiger partial charge on any atom is 0.00294 e. The van der Waals surface area contributed by atoms with Crippen LogP contribution < -0.4 is 0 Å². The summed E-state index contributed by atoms with van der Waals surface area (Å²) < 4.78 is 0. The van der Waals surface area contributed by atoms with Crippen LogP contribution in [0.4, 0.5) is 0 Å². The van der Waals surface area contributed by atoms with Crippen molar-refractivity contribution in [2.45, 2.75) is 26.7 Å². The molecule has 1 rings (SSSR count). The van der Waals surface area contributed by atoms with Crippen LogP contribution >= 0.6 is 0 Å². The number of hydrogen-bond donors (Lipinski definition) is 0. The molecule has 0 amide bonds. The fraction of sp³-hybridized carbons (Fsp3) is 1.00. The zero-order valence-electron chi connectivity index (χ0n) is 7.65. The van der Waals surface area contributed by atoms with Crippen molar-refractivity contribution in [2.75, 3.05) is 20.6 Å². The van der Waals surface area contributed by atoms with Crippen LogP contribution in [0.3, 0.4) is 0 Å². The quantitative estimate of drug-likeness (QED) is 0.568. The Bertz CT molecular complexity index is 112. The van der Waals surface area contributed by atoms with Gasteiger partial charge in [0.1, 0.15) is 0 Å². The number of rotatable bonds is 2. The SMILES string of the molecule is CC1CC(C)(CN(C)C)C1. The van der Waals surface area contributed by atoms with E-state index in [2.05, 4.69) is 32.8 Å². The van der Waals surface area contributed by atoms with E-state index in [1.165, 1.54) is 19.4 Å². The smallest absolute Gasteiger partial charge is 0.00294 e. The molecule has 0 heterocycles. The fourth-order valence-electron chi connectivity index (χ4n) is 2.52. The molecule has 0 bridgehead atoms. The van der Waals surface area contributed by atoms with E-state index in [0.717, 1.165) is 5.92 Å². The standard InChI is InChI=1S/C9H19N/c1-8-5-9(2,6-8)7-10(3)4/h8H,5-7H2,1-4H3. The van der Waals surface area contributed by atoms with Crippen LogP contribution in [0, 0.1) is 11.3 Å². The van der Waals surface area contributed by atoms with E-state index in [0.29, 0.717) is 5.41 Å². The number of hydrogen-bond acceptors (Lipinski definition) is 1. The Labute approximate surface area is 64.4 Å². The first-order valence-corrected chi connectivity index (χ1v) is 4.17. The summed E-state index contributed by atoms with van der Waals surface area (Å²) in [4.78, 5) is 2.30. The lowest BCUT2D eigenvalue weighted by Crippen LogP contribution is -2.41. The van der Waals surface area contributed by atoms with Crippen LogP contribution in [0.5, 0.6) is 0 Å². The molecule has 60 valence electrons. The summed E-state index contributed by atoms with van der Waals surface area (Å²) in [6.45, 7) is 6.00. The predicted octanol–water partition coefficient (Wildman–Crippen LogP) is 1.98. The zero-order chi connectivity index (χ0) is 7.78. The van der Waals surface area contributed by atoms with Crippen molar-refractivity contribution in [3.63, 3.8) is 0 Å². The molecule has 1 aliphatic rings. The topological polar surface area (TPSA) is 3.24 Å². The van der Waals surface area contributed by atoms with E-state index in [1.54, 1.807) is 0 Å². The maximum absolute atomic E-state index is 2.40. The van der Waals surface area contributed by atoms with Gasteiger partial charge >= 0.3 is 0 Å². The van der Waals surface area contributed by atoms with Crippen molar-refractivity contribution >= 4 is 0 Å². The monoisotopic (exact) mass is 141 g/mol. The van der Waals surface area contributed by atoms with Crippen LogP contribution in [0.2, 0.25) is 0 Å². The minimum absolute atomic E-state index is 0.642. The third-order valence-electron chi connectivity index (χ3n) is 2.38. The van der Waals surface area contributed by atoms with Gasteiger partial charge in [0.25, 0.3) is 0 Å². The van der Waals surface area contributed by atoms with E-state index in [9.17, 15) is 0 Å². The Morgan fingerprint density at radius 2 is 1.90 bits per heavy atom. The molecule has 1 heteroatoms. The molecular weight excluding hydrogens is 122 g/mol. The van der Waals surface area contributed by atoms with Gasteiger partial charge in [-0.1, -0.05) is 13.8 Å². The van der Waals surface area contributed by atoms with E-state index < -0.39 is 0 Å². The van der Waals surface area contributed by atoms with Gasteiger partial charge < -0.3 is 4.90 Å². The Morgan fingerprint density at radius 3 is 2.20 bits per heavy atom. The van der Waals surface area contributed by atoms with Gasteiger partial charge in [-0.15, -0.1) is 0 Å². The van der Waals surface area contributed by atoms with Crippen molar-refractivity contribution in [3.05, 3.63) is 0 Å². The molecule has 10 heavy (non-hydrogen) atoms. The molecule has 0 spiro atoms. The summed E-state index contributed by atoms with van der Waals surface area (Å²) in [5.41, 5.74) is 0.642. The Balaban J connectivity index is 2.27. The van der Waals surface area contributed by atoms with Gasteiger partial charge in [-0.3, -0.25) is 0 Å². The summed E-state index contributed by atoms with van der Waals surface area (Å²) in [5.74, 6) is 0.977. The second-order valence-electron chi connectivity index (χ2n) is 4.56. The minimum Gasteiger partial charge on any atom is -0.309 e. The van der Waals surface area contributed by atoms with Crippen molar-refractivity contribution < 1.29 is 0 Å².